The molecule has 168 valence electrons. The summed E-state index contributed by atoms with van der Waals surface area (Å²) in [4.78, 5) is 20.0. The van der Waals surface area contributed by atoms with Crippen molar-refractivity contribution in [2.75, 3.05) is 73.0 Å². The number of carbonyl (C=O) groups is 1. The second-order valence-corrected chi connectivity index (χ2v) is 8.09. The zero-order valence-corrected chi connectivity index (χ0v) is 19.2. The van der Waals surface area contributed by atoms with Crippen LogP contribution in [0.3, 0.4) is 0 Å². The Morgan fingerprint density at radius 3 is 2.10 bits per heavy atom. The van der Waals surface area contributed by atoms with Crippen LogP contribution in [-0.4, -0.2) is 83.8 Å². The van der Waals surface area contributed by atoms with Crippen molar-refractivity contribution < 1.29 is 14.3 Å². The normalized spacial score (nSPS) is 15.9. The third kappa shape index (κ3) is 5.48. The minimum Gasteiger partial charge on any atom is -0.496 e. The van der Waals surface area contributed by atoms with Crippen molar-refractivity contribution in [3.63, 3.8) is 0 Å². The molecule has 1 N–H and O–H groups in total. The summed E-state index contributed by atoms with van der Waals surface area (Å²) < 4.78 is 10.8. The Hall–Kier alpha value is -2.77. The van der Waals surface area contributed by atoms with Crippen LogP contribution in [0.5, 0.6) is 11.5 Å². The summed E-state index contributed by atoms with van der Waals surface area (Å²) in [6.45, 7) is 4.46. The summed E-state index contributed by atoms with van der Waals surface area (Å²) in [5, 5.41) is 3.13. The lowest BCUT2D eigenvalue weighted by atomic mass is 10.0. The lowest BCUT2D eigenvalue weighted by Crippen LogP contribution is -2.48. The maximum absolute atomic E-state index is 13.1. The number of likely N-dealkylation sites (N-methyl/N-ethyl adjacent to an activating group) is 1. The van der Waals surface area contributed by atoms with Gasteiger partial charge >= 0.3 is 0 Å². The van der Waals surface area contributed by atoms with Gasteiger partial charge in [0.2, 0.25) is 0 Å². The highest BCUT2D eigenvalue weighted by Crippen LogP contribution is 2.29. The second-order valence-electron chi connectivity index (χ2n) is 8.09. The Labute approximate surface area is 185 Å². The summed E-state index contributed by atoms with van der Waals surface area (Å²) in [7, 11) is 9.34. The summed E-state index contributed by atoms with van der Waals surface area (Å²) in [6.07, 6.45) is 0. The van der Waals surface area contributed by atoms with E-state index in [1.807, 2.05) is 20.2 Å². The molecule has 1 amide bonds. The van der Waals surface area contributed by atoms with Gasteiger partial charge < -0.3 is 24.6 Å². The molecule has 0 aromatic heterocycles. The number of nitrogens with one attached hydrogen (secondary N) is 1. The van der Waals surface area contributed by atoms with Crippen LogP contribution < -0.4 is 19.7 Å². The maximum atomic E-state index is 13.1. The zero-order chi connectivity index (χ0) is 22.4. The first-order valence-electron chi connectivity index (χ1n) is 10.6. The van der Waals surface area contributed by atoms with Gasteiger partial charge in [-0.1, -0.05) is 18.2 Å². The van der Waals surface area contributed by atoms with Crippen molar-refractivity contribution in [2.45, 2.75) is 6.04 Å². The van der Waals surface area contributed by atoms with E-state index in [0.717, 1.165) is 31.9 Å². The van der Waals surface area contributed by atoms with Crippen molar-refractivity contribution in [3.8, 4) is 11.5 Å². The SMILES string of the molecule is COc1cccc(OC)c1C(=O)NC[C@@H](c1ccc(N(C)C)cc1)N1CCN(C)CC1. The summed E-state index contributed by atoms with van der Waals surface area (Å²) >= 11 is 0. The van der Waals surface area contributed by atoms with Crippen LogP contribution in [0, 0.1) is 0 Å². The molecular weight excluding hydrogens is 392 g/mol. The molecule has 0 unspecified atom stereocenters. The zero-order valence-electron chi connectivity index (χ0n) is 19.2. The van der Waals surface area contributed by atoms with E-state index in [9.17, 15) is 4.79 Å². The number of piperazine rings is 1. The van der Waals surface area contributed by atoms with E-state index in [-0.39, 0.29) is 11.9 Å². The Morgan fingerprint density at radius 1 is 1.00 bits per heavy atom. The molecular formula is C24H34N4O3. The van der Waals surface area contributed by atoms with Gasteiger partial charge in [0.15, 0.2) is 0 Å². The first kappa shape index (κ1) is 22.9. The van der Waals surface area contributed by atoms with Crippen molar-refractivity contribution in [1.29, 1.82) is 0 Å². The van der Waals surface area contributed by atoms with E-state index in [2.05, 4.69) is 51.3 Å². The Bertz CT molecular complexity index is 839. The number of nitrogens with zero attached hydrogens (tertiary/aromatic N) is 3. The van der Waals surface area contributed by atoms with Crippen LogP contribution in [-0.2, 0) is 0 Å². The number of anilines is 1. The van der Waals surface area contributed by atoms with E-state index in [0.29, 0.717) is 23.6 Å². The van der Waals surface area contributed by atoms with E-state index in [4.69, 9.17) is 9.47 Å². The number of rotatable bonds is 8. The number of methoxy groups -OCH3 is 2. The van der Waals surface area contributed by atoms with Crippen molar-refractivity contribution in [3.05, 3.63) is 53.6 Å². The van der Waals surface area contributed by atoms with Gasteiger partial charge in [-0.3, -0.25) is 9.69 Å². The van der Waals surface area contributed by atoms with Crippen LogP contribution in [0.2, 0.25) is 0 Å². The molecule has 2 aromatic rings. The van der Waals surface area contributed by atoms with Gasteiger partial charge in [-0.05, 0) is 36.9 Å². The van der Waals surface area contributed by atoms with Crippen molar-refractivity contribution in [2.24, 2.45) is 0 Å². The van der Waals surface area contributed by atoms with E-state index in [1.165, 1.54) is 5.56 Å². The molecule has 0 radical (unpaired) electrons. The molecule has 0 aliphatic carbocycles. The Kier molecular flexibility index (Phi) is 7.76. The Morgan fingerprint density at radius 2 is 1.58 bits per heavy atom. The first-order chi connectivity index (χ1) is 14.9. The van der Waals surface area contributed by atoms with Gasteiger partial charge in [0.1, 0.15) is 17.1 Å². The lowest BCUT2D eigenvalue weighted by molar-refractivity contribution is 0.0881. The molecule has 1 saturated heterocycles. The average Bonchev–Trinajstić information content (AvgIpc) is 2.79. The second kappa shape index (κ2) is 10.5. The molecule has 1 aliphatic rings. The predicted octanol–water partition coefficient (Wildman–Crippen LogP) is 2.49. The molecule has 2 aromatic carbocycles. The van der Waals surface area contributed by atoms with Gasteiger partial charge in [0.25, 0.3) is 5.91 Å². The van der Waals surface area contributed by atoms with Crippen molar-refractivity contribution >= 4 is 11.6 Å². The molecule has 3 rings (SSSR count). The smallest absolute Gasteiger partial charge is 0.258 e. The topological polar surface area (TPSA) is 57.3 Å². The van der Waals surface area contributed by atoms with Crippen LogP contribution in [0.4, 0.5) is 5.69 Å². The van der Waals surface area contributed by atoms with Gasteiger partial charge in [0, 0.05) is 52.5 Å². The van der Waals surface area contributed by atoms with Crippen LogP contribution in [0.25, 0.3) is 0 Å². The van der Waals surface area contributed by atoms with Gasteiger partial charge in [-0.15, -0.1) is 0 Å². The maximum Gasteiger partial charge on any atom is 0.258 e. The molecule has 1 aliphatic heterocycles. The molecule has 1 heterocycles. The van der Waals surface area contributed by atoms with Crippen LogP contribution in [0.15, 0.2) is 42.5 Å². The van der Waals surface area contributed by atoms with Gasteiger partial charge in [-0.25, -0.2) is 0 Å². The predicted molar refractivity (Wildman–Crippen MR) is 124 cm³/mol. The molecule has 0 spiro atoms. The van der Waals surface area contributed by atoms with Crippen molar-refractivity contribution in [1.82, 2.24) is 15.1 Å². The third-order valence-corrected chi connectivity index (χ3v) is 5.88. The molecule has 0 saturated carbocycles. The number of carbonyl (C=O) groups excluding carboxylic acids is 1. The monoisotopic (exact) mass is 426 g/mol. The van der Waals surface area contributed by atoms with Crippen LogP contribution in [0.1, 0.15) is 22.0 Å². The summed E-state index contributed by atoms with van der Waals surface area (Å²) in [5.74, 6) is 0.810. The number of amides is 1. The average molecular weight is 427 g/mol. The number of hydrogen-bond donors (Lipinski definition) is 1. The number of benzene rings is 2. The molecule has 1 fully saturated rings. The molecule has 7 nitrogen and oxygen atoms in total. The van der Waals surface area contributed by atoms with Gasteiger partial charge in [-0.2, -0.15) is 0 Å². The van der Waals surface area contributed by atoms with E-state index < -0.39 is 0 Å². The minimum atomic E-state index is -0.196. The van der Waals surface area contributed by atoms with Gasteiger partial charge in [0.05, 0.1) is 20.3 Å². The first-order valence-corrected chi connectivity index (χ1v) is 10.6. The highest BCUT2D eigenvalue weighted by Gasteiger charge is 2.26. The van der Waals surface area contributed by atoms with Crippen LogP contribution >= 0.6 is 0 Å². The molecule has 7 heteroatoms. The highest BCUT2D eigenvalue weighted by atomic mass is 16.5. The summed E-state index contributed by atoms with van der Waals surface area (Å²) in [5.41, 5.74) is 2.78. The fourth-order valence-electron chi connectivity index (χ4n) is 3.94. The highest BCUT2D eigenvalue weighted by molar-refractivity contribution is 5.99. The quantitative estimate of drug-likeness (QED) is 0.700. The fourth-order valence-corrected chi connectivity index (χ4v) is 3.94. The molecule has 1 atom stereocenters. The van der Waals surface area contributed by atoms with E-state index >= 15 is 0 Å². The standard InChI is InChI=1S/C24H34N4O3/c1-26(2)19-11-9-18(10-12-19)20(28-15-13-27(3)14-16-28)17-25-24(29)23-21(30-4)7-6-8-22(23)31-5/h6-12,20H,13-17H2,1-5H3,(H,25,29)/t20-/m0/s1. The fraction of sp³-hybridized carbons (Fsp3) is 0.458. The Balaban J connectivity index is 1.81. The third-order valence-electron chi connectivity index (χ3n) is 5.88. The number of hydrogen-bond acceptors (Lipinski definition) is 6. The van der Waals surface area contributed by atoms with E-state index in [1.54, 1.807) is 26.4 Å². The number of ether oxygens (including phenoxy) is 2. The summed E-state index contributed by atoms with van der Waals surface area (Å²) in [6, 6.07) is 14.0. The lowest BCUT2D eigenvalue weighted by Gasteiger charge is -2.38. The molecule has 31 heavy (non-hydrogen) atoms. The largest absolute Gasteiger partial charge is 0.496 e. The minimum absolute atomic E-state index is 0.0922. The molecule has 0 bridgehead atoms.